The smallest absolute Gasteiger partial charge is 0.315 e. The first-order chi connectivity index (χ1) is 9.51. The molecule has 1 atom stereocenters. The number of likely N-dealkylation sites (tertiary alicyclic amines) is 1. The van der Waals surface area contributed by atoms with E-state index in [1.54, 1.807) is 0 Å². The summed E-state index contributed by atoms with van der Waals surface area (Å²) in [6.45, 7) is 9.93. The normalized spacial score (nSPS) is 19.1. The minimum Gasteiger partial charge on any atom is -0.396 e. The molecule has 1 aliphatic heterocycles. The van der Waals surface area contributed by atoms with Crippen LogP contribution in [0.1, 0.15) is 46.5 Å². The molecule has 1 aliphatic rings. The summed E-state index contributed by atoms with van der Waals surface area (Å²) in [4.78, 5) is 14.3. The van der Waals surface area contributed by atoms with Crippen LogP contribution in [0, 0.1) is 5.92 Å². The molecule has 1 heterocycles. The number of amides is 2. The van der Waals surface area contributed by atoms with E-state index in [2.05, 4.69) is 29.4 Å². The van der Waals surface area contributed by atoms with Gasteiger partial charge in [-0.05, 0) is 38.5 Å². The summed E-state index contributed by atoms with van der Waals surface area (Å²) in [5, 5.41) is 14.8. The van der Waals surface area contributed by atoms with Crippen LogP contribution < -0.4 is 10.6 Å². The van der Waals surface area contributed by atoms with Crippen molar-refractivity contribution < 1.29 is 9.90 Å². The topological polar surface area (TPSA) is 64.6 Å². The highest BCUT2D eigenvalue weighted by molar-refractivity contribution is 5.74. The van der Waals surface area contributed by atoms with Gasteiger partial charge in [-0.15, -0.1) is 0 Å². The number of hydrogen-bond acceptors (Lipinski definition) is 3. The van der Waals surface area contributed by atoms with Crippen LogP contribution in [-0.2, 0) is 0 Å². The fraction of sp³-hybridized carbons (Fsp3) is 0.933. The maximum Gasteiger partial charge on any atom is 0.315 e. The van der Waals surface area contributed by atoms with Crippen molar-refractivity contribution in [2.24, 2.45) is 5.92 Å². The first-order valence-corrected chi connectivity index (χ1v) is 7.91. The van der Waals surface area contributed by atoms with Crippen molar-refractivity contribution in [1.29, 1.82) is 0 Å². The van der Waals surface area contributed by atoms with Crippen molar-refractivity contribution in [3.05, 3.63) is 0 Å². The summed E-state index contributed by atoms with van der Waals surface area (Å²) < 4.78 is 0. The molecule has 0 saturated carbocycles. The summed E-state index contributed by atoms with van der Waals surface area (Å²) in [6, 6.07) is 0.337. The zero-order valence-corrected chi connectivity index (χ0v) is 13.2. The number of piperidine rings is 1. The molecular weight excluding hydrogens is 254 g/mol. The first-order valence-electron chi connectivity index (χ1n) is 7.91. The molecule has 2 amide bonds. The van der Waals surface area contributed by atoms with Gasteiger partial charge in [-0.3, -0.25) is 0 Å². The van der Waals surface area contributed by atoms with Crippen LogP contribution in [0.3, 0.4) is 0 Å². The SMILES string of the molecule is CC(C)CN1CCC(NC(=O)NC(C)CCCO)CC1. The van der Waals surface area contributed by atoms with Crippen LogP contribution in [0.25, 0.3) is 0 Å². The third-order valence-electron chi connectivity index (χ3n) is 3.72. The Hall–Kier alpha value is -0.810. The third-order valence-corrected chi connectivity index (χ3v) is 3.72. The molecule has 118 valence electrons. The van der Waals surface area contributed by atoms with Gasteiger partial charge < -0.3 is 20.6 Å². The van der Waals surface area contributed by atoms with Gasteiger partial charge in [0.1, 0.15) is 0 Å². The lowest BCUT2D eigenvalue weighted by atomic mass is 10.0. The molecule has 1 fully saturated rings. The molecule has 1 rings (SSSR count). The van der Waals surface area contributed by atoms with Gasteiger partial charge in [0.15, 0.2) is 0 Å². The molecule has 20 heavy (non-hydrogen) atoms. The van der Waals surface area contributed by atoms with Crippen molar-refractivity contribution in [3.8, 4) is 0 Å². The molecule has 1 unspecified atom stereocenters. The van der Waals surface area contributed by atoms with Crippen LogP contribution in [0.2, 0.25) is 0 Å². The second-order valence-corrected chi connectivity index (χ2v) is 6.35. The Kier molecular flexibility index (Phi) is 7.92. The zero-order chi connectivity index (χ0) is 15.0. The highest BCUT2D eigenvalue weighted by Crippen LogP contribution is 2.12. The van der Waals surface area contributed by atoms with E-state index in [1.165, 1.54) is 0 Å². The molecule has 1 saturated heterocycles. The second-order valence-electron chi connectivity index (χ2n) is 6.35. The Labute approximate surface area is 123 Å². The number of urea groups is 1. The highest BCUT2D eigenvalue weighted by Gasteiger charge is 2.21. The fourth-order valence-corrected chi connectivity index (χ4v) is 2.70. The van der Waals surface area contributed by atoms with Gasteiger partial charge in [0.25, 0.3) is 0 Å². The number of carbonyl (C=O) groups is 1. The predicted molar refractivity (Wildman–Crippen MR) is 81.7 cm³/mol. The van der Waals surface area contributed by atoms with Gasteiger partial charge in [0.05, 0.1) is 0 Å². The van der Waals surface area contributed by atoms with Crippen molar-refractivity contribution in [2.75, 3.05) is 26.2 Å². The molecule has 5 heteroatoms. The molecule has 5 nitrogen and oxygen atoms in total. The Morgan fingerprint density at radius 1 is 1.30 bits per heavy atom. The highest BCUT2D eigenvalue weighted by atomic mass is 16.3. The quantitative estimate of drug-likeness (QED) is 0.665. The molecule has 0 aromatic rings. The van der Waals surface area contributed by atoms with Crippen LogP contribution in [-0.4, -0.2) is 54.4 Å². The number of nitrogens with zero attached hydrogens (tertiary/aromatic N) is 1. The Morgan fingerprint density at radius 2 is 1.95 bits per heavy atom. The number of nitrogens with one attached hydrogen (secondary N) is 2. The Bertz CT molecular complexity index is 276. The maximum absolute atomic E-state index is 11.8. The summed E-state index contributed by atoms with van der Waals surface area (Å²) in [5.41, 5.74) is 0. The summed E-state index contributed by atoms with van der Waals surface area (Å²) in [7, 11) is 0. The van der Waals surface area contributed by atoms with Gasteiger partial charge in [-0.25, -0.2) is 4.79 Å². The van der Waals surface area contributed by atoms with Gasteiger partial charge in [-0.2, -0.15) is 0 Å². The van der Waals surface area contributed by atoms with Gasteiger partial charge in [0.2, 0.25) is 0 Å². The summed E-state index contributed by atoms with van der Waals surface area (Å²) >= 11 is 0. The number of aliphatic hydroxyl groups is 1. The van der Waals surface area contributed by atoms with Crippen LogP contribution in [0.4, 0.5) is 4.79 Å². The minimum atomic E-state index is -0.0715. The lowest BCUT2D eigenvalue weighted by molar-refractivity contribution is 0.177. The van der Waals surface area contributed by atoms with Crippen LogP contribution >= 0.6 is 0 Å². The average Bonchev–Trinajstić information content (AvgIpc) is 2.38. The van der Waals surface area contributed by atoms with Gasteiger partial charge >= 0.3 is 6.03 Å². The molecule has 0 aromatic heterocycles. The largest absolute Gasteiger partial charge is 0.396 e. The van der Waals surface area contributed by atoms with Gasteiger partial charge in [-0.1, -0.05) is 13.8 Å². The molecular formula is C15H31N3O2. The first kappa shape index (κ1) is 17.2. The summed E-state index contributed by atoms with van der Waals surface area (Å²) in [6.07, 6.45) is 3.61. The predicted octanol–water partition coefficient (Wildman–Crippen LogP) is 1.57. The second kappa shape index (κ2) is 9.19. The standard InChI is InChI=1S/C15H31N3O2/c1-12(2)11-18-8-6-14(7-9-18)17-15(20)16-13(3)5-4-10-19/h12-14,19H,4-11H2,1-3H3,(H2,16,17,20). The van der Waals surface area contributed by atoms with Crippen molar-refractivity contribution in [3.63, 3.8) is 0 Å². The lowest BCUT2D eigenvalue weighted by Crippen LogP contribution is -2.50. The van der Waals surface area contributed by atoms with Crippen molar-refractivity contribution in [2.45, 2.75) is 58.5 Å². The molecule has 0 radical (unpaired) electrons. The fourth-order valence-electron chi connectivity index (χ4n) is 2.70. The summed E-state index contributed by atoms with van der Waals surface area (Å²) in [5.74, 6) is 0.704. The number of aliphatic hydroxyl groups excluding tert-OH is 1. The monoisotopic (exact) mass is 285 g/mol. The third kappa shape index (κ3) is 7.10. The number of carbonyl (C=O) groups excluding carboxylic acids is 1. The van der Waals surface area contributed by atoms with Crippen molar-refractivity contribution >= 4 is 6.03 Å². The Morgan fingerprint density at radius 3 is 2.50 bits per heavy atom. The average molecular weight is 285 g/mol. The lowest BCUT2D eigenvalue weighted by Gasteiger charge is -2.33. The molecule has 0 aliphatic carbocycles. The van der Waals surface area contributed by atoms with E-state index in [1.807, 2.05) is 6.92 Å². The van der Waals surface area contributed by atoms with E-state index in [0.29, 0.717) is 12.0 Å². The van der Waals surface area contributed by atoms with Gasteiger partial charge in [0, 0.05) is 38.3 Å². The van der Waals surface area contributed by atoms with Crippen LogP contribution in [0.15, 0.2) is 0 Å². The molecule has 0 spiro atoms. The van der Waals surface area contributed by atoms with E-state index in [4.69, 9.17) is 5.11 Å². The van der Waals surface area contributed by atoms with Crippen molar-refractivity contribution in [1.82, 2.24) is 15.5 Å². The minimum absolute atomic E-state index is 0.0715. The Balaban J connectivity index is 2.17. The number of hydrogen-bond donors (Lipinski definition) is 3. The molecule has 0 bridgehead atoms. The number of rotatable bonds is 7. The van der Waals surface area contributed by atoms with E-state index < -0.39 is 0 Å². The van der Waals surface area contributed by atoms with E-state index >= 15 is 0 Å². The molecule has 0 aromatic carbocycles. The van der Waals surface area contributed by atoms with E-state index in [9.17, 15) is 4.79 Å². The van der Waals surface area contributed by atoms with Crippen LogP contribution in [0.5, 0.6) is 0 Å². The maximum atomic E-state index is 11.8. The van der Waals surface area contributed by atoms with E-state index in [-0.39, 0.29) is 18.7 Å². The van der Waals surface area contributed by atoms with E-state index in [0.717, 1.165) is 45.3 Å². The zero-order valence-electron chi connectivity index (χ0n) is 13.2. The molecule has 3 N–H and O–H groups in total.